The fraction of sp³-hybridized carbons (Fsp3) is 0. The number of aromatic hydroxyl groups is 4. The Morgan fingerprint density at radius 1 is 0.509 bits per heavy atom. The van der Waals surface area contributed by atoms with Crippen LogP contribution in [0.15, 0.2) is 115 Å². The first-order valence-corrected chi connectivity index (χ1v) is 18.0. The van der Waals surface area contributed by atoms with Gasteiger partial charge in [0.1, 0.15) is 44.0 Å². The number of aromatic carboxylic acids is 2. The van der Waals surface area contributed by atoms with Crippen molar-refractivity contribution in [3.05, 3.63) is 96.1 Å². The summed E-state index contributed by atoms with van der Waals surface area (Å²) >= 11 is 0. The van der Waals surface area contributed by atoms with Crippen LogP contribution in [0.5, 0.6) is 23.0 Å². The Kier molecular flexibility index (Phi) is 12.6. The molecule has 9 N–H and O–H groups in total. The summed E-state index contributed by atoms with van der Waals surface area (Å²) in [6.45, 7) is 0. The molecule has 0 fully saturated rings. The molecular formula is C34H23Cu2N5O14S2. The third-order valence-corrected chi connectivity index (χ3v) is 9.64. The first kappa shape index (κ1) is 43.6. The van der Waals surface area contributed by atoms with Gasteiger partial charge in [-0.2, -0.15) is 16.8 Å². The Balaban J connectivity index is 0.00000360. The first-order valence-electron chi connectivity index (χ1n) is 15.1. The standard InChI is InChI=1S/C34H23N5O14S2.2Cu/c40-25-11-15(33(44)45)1-7-23(25)36-38-29-27(54(48,49)50)13-17-9-19(3-5-21(17)31(29)42)35-20-4-6-22-18(10-20)14-28(55(51,52)53)30(32(22)43)39-37-24-8-2-16(34(46)47)12-26(24)41;;/h1-14,35,40-43H,(H,44,45)(H,46,47)(H,48,49,50)(H,51,52,53);;. The van der Waals surface area contributed by atoms with Crippen LogP contribution in [-0.2, 0) is 54.4 Å². The first-order chi connectivity index (χ1) is 25.8. The molecule has 6 rings (SSSR count). The summed E-state index contributed by atoms with van der Waals surface area (Å²) in [5.74, 6) is -5.33. The number of hydrogen-bond donors (Lipinski definition) is 9. The van der Waals surface area contributed by atoms with Crippen LogP contribution in [0.1, 0.15) is 20.7 Å². The van der Waals surface area contributed by atoms with E-state index in [0.29, 0.717) is 0 Å². The molecule has 6 aromatic rings. The van der Waals surface area contributed by atoms with Crippen LogP contribution >= 0.6 is 0 Å². The molecule has 0 aromatic heterocycles. The van der Waals surface area contributed by atoms with Gasteiger partial charge in [-0.3, -0.25) is 9.11 Å². The molecule has 2 radical (unpaired) electrons. The number of azo groups is 2. The number of phenols is 4. The number of carboxylic acid groups (broad SMARTS) is 2. The SMILES string of the molecule is O=C(O)c1ccc(N=Nc2c(S(=O)(=O)O)cc3cc(Nc4ccc5c(O)c(N=Nc6ccc(C(=O)O)cc6O)c(S(=O)(=O)O)cc5c4)ccc3c2O)c(O)c1.[Cu].[Cu]. The molecule has 23 heteroatoms. The summed E-state index contributed by atoms with van der Waals surface area (Å²) < 4.78 is 69.3. The van der Waals surface area contributed by atoms with E-state index >= 15 is 0 Å². The fourth-order valence-electron chi connectivity index (χ4n) is 5.30. The van der Waals surface area contributed by atoms with E-state index in [-0.39, 0.29) is 89.6 Å². The normalized spacial score (nSPS) is 11.8. The number of hydrogen-bond acceptors (Lipinski definition) is 15. The van der Waals surface area contributed by atoms with E-state index in [4.69, 9.17) is 10.2 Å². The number of anilines is 2. The minimum Gasteiger partial charge on any atom is -0.506 e. The Labute approximate surface area is 341 Å². The molecule has 57 heavy (non-hydrogen) atoms. The molecule has 0 aliphatic heterocycles. The van der Waals surface area contributed by atoms with E-state index in [1.807, 2.05) is 0 Å². The van der Waals surface area contributed by atoms with Crippen LogP contribution in [0, 0.1) is 0 Å². The van der Waals surface area contributed by atoms with Crippen LogP contribution in [0.2, 0.25) is 0 Å². The van der Waals surface area contributed by atoms with Gasteiger partial charge in [0.05, 0.1) is 11.1 Å². The monoisotopic (exact) mass is 915 g/mol. The maximum Gasteiger partial charge on any atom is 0.335 e. The Morgan fingerprint density at radius 3 is 1.19 bits per heavy atom. The van der Waals surface area contributed by atoms with Gasteiger partial charge in [-0.25, -0.2) is 9.59 Å². The van der Waals surface area contributed by atoms with Crippen molar-refractivity contribution in [1.82, 2.24) is 0 Å². The summed E-state index contributed by atoms with van der Waals surface area (Å²) in [7, 11) is -10.1. The van der Waals surface area contributed by atoms with Gasteiger partial charge in [-0.1, -0.05) is 0 Å². The Bertz CT molecular complexity index is 2730. The molecule has 0 heterocycles. The van der Waals surface area contributed by atoms with Crippen molar-refractivity contribution in [2.45, 2.75) is 9.79 Å². The van der Waals surface area contributed by atoms with Crippen molar-refractivity contribution in [3.8, 4) is 23.0 Å². The second-order valence-corrected chi connectivity index (χ2v) is 14.3. The second kappa shape index (κ2) is 16.5. The van der Waals surface area contributed by atoms with Crippen LogP contribution in [0.25, 0.3) is 21.5 Å². The van der Waals surface area contributed by atoms with Gasteiger partial charge in [0, 0.05) is 56.3 Å². The number of fused-ring (bicyclic) bond motifs is 2. The number of nitrogens with one attached hydrogen (secondary N) is 1. The van der Waals surface area contributed by atoms with Gasteiger partial charge in [0.2, 0.25) is 0 Å². The maximum atomic E-state index is 12.3. The molecule has 0 saturated heterocycles. The molecule has 0 bridgehead atoms. The quantitative estimate of drug-likeness (QED) is 0.0370. The summed E-state index contributed by atoms with van der Waals surface area (Å²) in [6.07, 6.45) is 0. The van der Waals surface area contributed by atoms with E-state index in [1.54, 1.807) is 0 Å². The van der Waals surface area contributed by atoms with E-state index in [0.717, 1.165) is 48.5 Å². The fourth-order valence-corrected chi connectivity index (χ4v) is 6.62. The molecule has 0 unspecified atom stereocenters. The summed E-state index contributed by atoms with van der Waals surface area (Å²) in [4.78, 5) is 20.6. The molecule has 0 aliphatic rings. The van der Waals surface area contributed by atoms with E-state index in [1.165, 1.54) is 36.4 Å². The van der Waals surface area contributed by atoms with Gasteiger partial charge in [-0.05, 0) is 95.7 Å². The molecule has 0 atom stereocenters. The van der Waals surface area contributed by atoms with Gasteiger partial charge in [-0.15, -0.1) is 20.5 Å². The predicted molar refractivity (Wildman–Crippen MR) is 193 cm³/mol. The molecule has 0 saturated carbocycles. The van der Waals surface area contributed by atoms with Gasteiger partial charge in [0.25, 0.3) is 20.2 Å². The zero-order valence-corrected chi connectivity index (χ0v) is 31.3. The third-order valence-electron chi connectivity index (χ3n) is 7.91. The molecule has 6 aromatic carbocycles. The number of nitrogens with zero attached hydrogens (tertiary/aromatic N) is 4. The van der Waals surface area contributed by atoms with Crippen LogP contribution in [-0.4, -0.2) is 68.5 Å². The Hall–Kier alpha value is -6.16. The number of carboxylic acids is 2. The number of rotatable bonds is 10. The number of benzene rings is 6. The van der Waals surface area contributed by atoms with E-state index in [9.17, 15) is 56.0 Å². The summed E-state index contributed by atoms with van der Waals surface area (Å²) in [6, 6.07) is 16.5. The van der Waals surface area contributed by atoms with Crippen LogP contribution in [0.4, 0.5) is 34.1 Å². The van der Waals surface area contributed by atoms with Crippen molar-refractivity contribution in [3.63, 3.8) is 0 Å². The second-order valence-electron chi connectivity index (χ2n) is 11.5. The minimum atomic E-state index is -5.04. The smallest absolute Gasteiger partial charge is 0.335 e. The largest absolute Gasteiger partial charge is 0.506 e. The van der Waals surface area contributed by atoms with Crippen molar-refractivity contribution in [2.24, 2.45) is 20.5 Å². The summed E-state index contributed by atoms with van der Waals surface area (Å²) in [5, 5.41) is 78.5. The molecule has 0 aliphatic carbocycles. The predicted octanol–water partition coefficient (Wildman–Crippen LogP) is 7.27. The van der Waals surface area contributed by atoms with Gasteiger partial charge >= 0.3 is 11.9 Å². The molecule has 0 amide bonds. The zero-order chi connectivity index (χ0) is 40.0. The molecule has 0 spiro atoms. The average molecular weight is 917 g/mol. The van der Waals surface area contributed by atoms with Crippen LogP contribution < -0.4 is 5.32 Å². The third kappa shape index (κ3) is 9.12. The molecule has 302 valence electrons. The van der Waals surface area contributed by atoms with Crippen molar-refractivity contribution in [1.29, 1.82) is 0 Å². The van der Waals surface area contributed by atoms with E-state index < -0.39 is 76.3 Å². The summed E-state index contributed by atoms with van der Waals surface area (Å²) in [5.41, 5.74) is -1.89. The molecular weight excluding hydrogens is 894 g/mol. The van der Waals surface area contributed by atoms with Gasteiger partial charge in [0.15, 0.2) is 11.5 Å². The van der Waals surface area contributed by atoms with Crippen LogP contribution in [0.3, 0.4) is 0 Å². The Morgan fingerprint density at radius 2 is 0.877 bits per heavy atom. The minimum absolute atomic E-state index is 0. The number of carbonyl (C=O) groups is 2. The van der Waals surface area contributed by atoms with Crippen molar-refractivity contribution in [2.75, 3.05) is 5.32 Å². The topological polar surface area (TPSA) is 326 Å². The van der Waals surface area contributed by atoms with Crippen molar-refractivity contribution >= 4 is 87.8 Å². The molecule has 19 nitrogen and oxygen atoms in total. The zero-order valence-electron chi connectivity index (χ0n) is 27.8. The number of phenolic OH excluding ortho intramolecular Hbond substituents is 4. The van der Waals surface area contributed by atoms with E-state index in [2.05, 4.69) is 25.8 Å². The van der Waals surface area contributed by atoms with Crippen molar-refractivity contribution < 1.29 is 100 Å². The van der Waals surface area contributed by atoms with Gasteiger partial charge < -0.3 is 36.0 Å². The maximum absolute atomic E-state index is 12.3. The average Bonchev–Trinajstić information content (AvgIpc) is 3.10.